The lowest BCUT2D eigenvalue weighted by Crippen LogP contribution is -2.09. The van der Waals surface area contributed by atoms with Crippen molar-refractivity contribution in [2.75, 3.05) is 5.88 Å². The predicted molar refractivity (Wildman–Crippen MR) is 75.2 cm³/mol. The topological polar surface area (TPSA) is 12.9 Å². The summed E-state index contributed by atoms with van der Waals surface area (Å²) in [6, 6.07) is 7.96. The van der Waals surface area contributed by atoms with E-state index in [-0.39, 0.29) is 0 Å². The third-order valence-corrected chi connectivity index (χ3v) is 4.09. The molecule has 0 saturated heterocycles. The van der Waals surface area contributed by atoms with Crippen molar-refractivity contribution in [3.05, 3.63) is 51.4 Å². The van der Waals surface area contributed by atoms with Gasteiger partial charge in [-0.25, -0.2) is 4.98 Å². The van der Waals surface area contributed by atoms with E-state index in [4.69, 9.17) is 23.2 Å². The van der Waals surface area contributed by atoms with Gasteiger partial charge in [0, 0.05) is 28.9 Å². The number of hydrogen-bond donors (Lipinski definition) is 0. The third kappa shape index (κ3) is 3.98. The zero-order valence-electron chi connectivity index (χ0n) is 9.27. The van der Waals surface area contributed by atoms with Crippen molar-refractivity contribution < 1.29 is 0 Å². The fourth-order valence-electron chi connectivity index (χ4n) is 1.74. The maximum absolute atomic E-state index is 6.02. The zero-order chi connectivity index (χ0) is 12.1. The molecule has 2 rings (SSSR count). The largest absolute Gasteiger partial charge is 0.250 e. The van der Waals surface area contributed by atoms with Crippen LogP contribution in [0.1, 0.15) is 10.6 Å². The molecule has 0 bridgehead atoms. The van der Waals surface area contributed by atoms with Crippen LogP contribution in [-0.2, 0) is 12.8 Å². The van der Waals surface area contributed by atoms with E-state index >= 15 is 0 Å². The Labute approximate surface area is 115 Å². The molecule has 0 N–H and O–H groups in total. The maximum atomic E-state index is 6.02. The Balaban J connectivity index is 1.97. The van der Waals surface area contributed by atoms with E-state index in [9.17, 15) is 0 Å². The minimum Gasteiger partial charge on any atom is -0.250 e. The van der Waals surface area contributed by atoms with Crippen LogP contribution in [0.15, 0.2) is 35.8 Å². The minimum atomic E-state index is 0.434. The molecule has 90 valence electrons. The second-order valence-corrected chi connectivity index (χ2v) is 5.71. The summed E-state index contributed by atoms with van der Waals surface area (Å²) < 4.78 is 0. The quantitative estimate of drug-likeness (QED) is 0.741. The van der Waals surface area contributed by atoms with E-state index in [1.54, 1.807) is 11.3 Å². The molecule has 0 aliphatic carbocycles. The summed E-state index contributed by atoms with van der Waals surface area (Å²) in [6.07, 6.45) is 3.76. The van der Waals surface area contributed by atoms with Crippen LogP contribution in [0.5, 0.6) is 0 Å². The molecule has 1 nitrogen and oxygen atoms in total. The number of aromatic nitrogens is 1. The van der Waals surface area contributed by atoms with Crippen LogP contribution in [0.3, 0.4) is 0 Å². The van der Waals surface area contributed by atoms with Crippen LogP contribution in [0.25, 0.3) is 0 Å². The van der Waals surface area contributed by atoms with E-state index in [0.717, 1.165) is 22.9 Å². The first-order valence-electron chi connectivity index (χ1n) is 5.46. The van der Waals surface area contributed by atoms with Gasteiger partial charge in [0.25, 0.3) is 0 Å². The van der Waals surface area contributed by atoms with Crippen LogP contribution < -0.4 is 0 Å². The molecule has 0 saturated carbocycles. The van der Waals surface area contributed by atoms with Crippen LogP contribution in [0.4, 0.5) is 0 Å². The average molecular weight is 286 g/mol. The number of benzene rings is 1. The molecular weight excluding hydrogens is 273 g/mol. The van der Waals surface area contributed by atoms with E-state index in [1.165, 1.54) is 5.56 Å². The molecule has 0 aliphatic rings. The minimum absolute atomic E-state index is 0.434. The first-order valence-corrected chi connectivity index (χ1v) is 7.26. The number of halogens is 2. The molecule has 0 amide bonds. The van der Waals surface area contributed by atoms with Crippen molar-refractivity contribution in [3.8, 4) is 0 Å². The molecule has 1 aromatic carbocycles. The van der Waals surface area contributed by atoms with Gasteiger partial charge in [0.15, 0.2) is 0 Å². The van der Waals surface area contributed by atoms with Gasteiger partial charge in [-0.1, -0.05) is 23.7 Å². The average Bonchev–Trinajstić information content (AvgIpc) is 2.84. The van der Waals surface area contributed by atoms with Gasteiger partial charge in [-0.15, -0.1) is 22.9 Å². The second-order valence-electron chi connectivity index (χ2n) is 3.98. The highest BCUT2D eigenvalue weighted by Crippen LogP contribution is 2.19. The summed E-state index contributed by atoms with van der Waals surface area (Å²) in [6.45, 7) is 0. The maximum Gasteiger partial charge on any atom is 0.0928 e. The number of thiazole rings is 1. The lowest BCUT2D eigenvalue weighted by molar-refractivity contribution is 0.582. The molecule has 2 aromatic rings. The lowest BCUT2D eigenvalue weighted by Gasteiger charge is -2.12. The van der Waals surface area contributed by atoms with Gasteiger partial charge in [-0.2, -0.15) is 0 Å². The first kappa shape index (κ1) is 12.9. The highest BCUT2D eigenvalue weighted by atomic mass is 35.5. The van der Waals surface area contributed by atoms with Gasteiger partial charge < -0.3 is 0 Å². The van der Waals surface area contributed by atoms with Crippen molar-refractivity contribution in [1.82, 2.24) is 4.98 Å². The summed E-state index contributed by atoms with van der Waals surface area (Å²) >= 11 is 13.6. The summed E-state index contributed by atoms with van der Waals surface area (Å²) in [5, 5.41) is 3.93. The van der Waals surface area contributed by atoms with Crippen molar-refractivity contribution >= 4 is 34.5 Å². The van der Waals surface area contributed by atoms with E-state index in [2.05, 4.69) is 17.1 Å². The van der Waals surface area contributed by atoms with Gasteiger partial charge >= 0.3 is 0 Å². The Hall–Kier alpha value is -0.570. The number of nitrogens with zero attached hydrogens (tertiary/aromatic N) is 1. The number of alkyl halides is 1. The van der Waals surface area contributed by atoms with Crippen LogP contribution in [-0.4, -0.2) is 10.9 Å². The fraction of sp³-hybridized carbons (Fsp3) is 0.308. The summed E-state index contributed by atoms with van der Waals surface area (Å²) in [4.78, 5) is 4.30. The SMILES string of the molecule is ClCC(Cc1ccc(Cl)cc1)Cc1nccs1. The second kappa shape index (κ2) is 6.39. The molecule has 17 heavy (non-hydrogen) atoms. The Bertz CT molecular complexity index is 439. The van der Waals surface area contributed by atoms with Crippen molar-refractivity contribution in [2.45, 2.75) is 12.8 Å². The third-order valence-electron chi connectivity index (χ3n) is 2.60. The normalized spacial score (nSPS) is 12.6. The van der Waals surface area contributed by atoms with Gasteiger partial charge in [0.2, 0.25) is 0 Å². The first-order chi connectivity index (χ1) is 8.28. The van der Waals surface area contributed by atoms with Crippen LogP contribution in [0.2, 0.25) is 5.02 Å². The lowest BCUT2D eigenvalue weighted by atomic mass is 9.98. The predicted octanol–water partition coefficient (Wildman–Crippen LogP) is 4.44. The fourth-order valence-corrected chi connectivity index (χ4v) is 2.81. The molecule has 0 aliphatic heterocycles. The Morgan fingerprint density at radius 2 is 1.94 bits per heavy atom. The highest BCUT2D eigenvalue weighted by molar-refractivity contribution is 7.09. The molecule has 0 fully saturated rings. The summed E-state index contributed by atoms with van der Waals surface area (Å²) in [7, 11) is 0. The standard InChI is InChI=1S/C13H13Cl2NS/c14-9-11(8-13-16-5-6-17-13)7-10-1-3-12(15)4-2-10/h1-6,11H,7-9H2. The van der Waals surface area contributed by atoms with Gasteiger partial charge in [0.1, 0.15) is 0 Å². The van der Waals surface area contributed by atoms with Crippen LogP contribution >= 0.6 is 34.5 Å². The van der Waals surface area contributed by atoms with E-state index in [0.29, 0.717) is 11.8 Å². The molecule has 1 aromatic heterocycles. The van der Waals surface area contributed by atoms with Crippen LogP contribution in [0, 0.1) is 5.92 Å². The van der Waals surface area contributed by atoms with Crippen molar-refractivity contribution in [1.29, 1.82) is 0 Å². The monoisotopic (exact) mass is 285 g/mol. The van der Waals surface area contributed by atoms with Gasteiger partial charge in [-0.05, 0) is 30.0 Å². The summed E-state index contributed by atoms with van der Waals surface area (Å²) in [5.41, 5.74) is 1.27. The van der Waals surface area contributed by atoms with E-state index < -0.39 is 0 Å². The molecule has 1 atom stereocenters. The molecule has 4 heteroatoms. The molecular formula is C13H13Cl2NS. The van der Waals surface area contributed by atoms with Crippen molar-refractivity contribution in [3.63, 3.8) is 0 Å². The Morgan fingerprint density at radius 1 is 1.18 bits per heavy atom. The van der Waals surface area contributed by atoms with Gasteiger partial charge in [-0.3, -0.25) is 0 Å². The van der Waals surface area contributed by atoms with Gasteiger partial charge in [0.05, 0.1) is 5.01 Å². The molecule has 0 spiro atoms. The van der Waals surface area contributed by atoms with Crippen molar-refractivity contribution in [2.24, 2.45) is 5.92 Å². The Morgan fingerprint density at radius 3 is 2.53 bits per heavy atom. The smallest absolute Gasteiger partial charge is 0.0928 e. The molecule has 1 unspecified atom stereocenters. The highest BCUT2D eigenvalue weighted by Gasteiger charge is 2.11. The number of hydrogen-bond acceptors (Lipinski definition) is 2. The Kier molecular flexibility index (Phi) is 4.84. The molecule has 0 radical (unpaired) electrons. The van der Waals surface area contributed by atoms with E-state index in [1.807, 2.05) is 23.7 Å². The summed E-state index contributed by atoms with van der Waals surface area (Å²) in [5.74, 6) is 1.09. The number of rotatable bonds is 5. The zero-order valence-corrected chi connectivity index (χ0v) is 11.6. The molecule has 1 heterocycles.